The molecule has 3 aromatic carbocycles. The molecule has 6 rings (SSSR count). The Morgan fingerprint density at radius 1 is 1.03 bits per heavy atom. The number of aromatic nitrogens is 1. The first-order valence-electron chi connectivity index (χ1n) is 11.9. The van der Waals surface area contributed by atoms with E-state index in [-0.39, 0.29) is 17.9 Å². The molecule has 1 aliphatic heterocycles. The second-order valence-electron chi connectivity index (χ2n) is 8.95. The molecule has 0 radical (unpaired) electrons. The van der Waals surface area contributed by atoms with E-state index in [1.807, 2.05) is 43.3 Å². The van der Waals surface area contributed by atoms with Crippen LogP contribution in [0, 0.1) is 5.92 Å². The lowest BCUT2D eigenvalue weighted by atomic mass is 9.76. The van der Waals surface area contributed by atoms with Gasteiger partial charge in [0.25, 0.3) is 5.91 Å². The topological polar surface area (TPSA) is 66.2 Å². The van der Waals surface area contributed by atoms with Crippen LogP contribution in [0.4, 0.5) is 11.4 Å². The number of fused-ring (bicyclic) bond motifs is 4. The number of aromatic amines is 1. The summed E-state index contributed by atoms with van der Waals surface area (Å²) in [7, 11) is 0. The van der Waals surface area contributed by atoms with Gasteiger partial charge >= 0.3 is 0 Å². The summed E-state index contributed by atoms with van der Waals surface area (Å²) in [5, 5.41) is 8.07. The Hall–Kier alpha value is -3.99. The lowest BCUT2D eigenvalue weighted by molar-refractivity contribution is 0.102. The molecule has 0 fully saturated rings. The largest absolute Gasteiger partial charge is 0.494 e. The van der Waals surface area contributed by atoms with Crippen LogP contribution in [0.5, 0.6) is 5.75 Å². The van der Waals surface area contributed by atoms with E-state index in [9.17, 15) is 4.79 Å². The maximum Gasteiger partial charge on any atom is 0.257 e. The number of carbonyl (C=O) groups excluding carboxylic acids is 1. The number of amides is 1. The normalized spacial score (nSPS) is 20.4. The van der Waals surface area contributed by atoms with Crippen LogP contribution in [0.3, 0.4) is 0 Å². The van der Waals surface area contributed by atoms with Gasteiger partial charge in [0.15, 0.2) is 0 Å². The van der Waals surface area contributed by atoms with Crippen molar-refractivity contribution < 1.29 is 9.53 Å². The van der Waals surface area contributed by atoms with E-state index in [4.69, 9.17) is 4.74 Å². The van der Waals surface area contributed by atoms with Crippen molar-refractivity contribution in [3.05, 3.63) is 102 Å². The molecule has 2 aliphatic rings. The highest BCUT2D eigenvalue weighted by molar-refractivity contribution is 6.08. The summed E-state index contributed by atoms with van der Waals surface area (Å²) in [5.74, 6) is 1.37. The Bertz CT molecular complexity index is 1390. The van der Waals surface area contributed by atoms with Crippen LogP contribution in [0.15, 0.2) is 85.1 Å². The Morgan fingerprint density at radius 3 is 2.74 bits per heavy atom. The molecular weight excluding hydrogens is 422 g/mol. The third-order valence-corrected chi connectivity index (χ3v) is 7.02. The second-order valence-corrected chi connectivity index (χ2v) is 8.95. The van der Waals surface area contributed by atoms with Crippen molar-refractivity contribution in [2.45, 2.75) is 25.3 Å². The zero-order chi connectivity index (χ0) is 23.1. The number of benzene rings is 3. The van der Waals surface area contributed by atoms with Crippen LogP contribution in [0.2, 0.25) is 0 Å². The number of hydrogen-bond acceptors (Lipinski definition) is 3. The predicted octanol–water partition coefficient (Wildman–Crippen LogP) is 6.65. The number of nitrogens with one attached hydrogen (secondary N) is 3. The first kappa shape index (κ1) is 20.6. The van der Waals surface area contributed by atoms with Crippen LogP contribution in [-0.4, -0.2) is 17.5 Å². The van der Waals surface area contributed by atoms with Crippen molar-refractivity contribution in [2.24, 2.45) is 5.92 Å². The number of anilines is 2. The predicted molar refractivity (Wildman–Crippen MR) is 137 cm³/mol. The van der Waals surface area contributed by atoms with Crippen LogP contribution < -0.4 is 15.4 Å². The lowest BCUT2D eigenvalue weighted by Crippen LogP contribution is -2.30. The molecule has 1 aliphatic carbocycles. The molecule has 0 spiro atoms. The van der Waals surface area contributed by atoms with Gasteiger partial charge in [0.05, 0.1) is 23.9 Å². The van der Waals surface area contributed by atoms with Crippen LogP contribution in [-0.2, 0) is 0 Å². The summed E-state index contributed by atoms with van der Waals surface area (Å²) < 4.78 is 5.51. The number of rotatable bonds is 5. The highest BCUT2D eigenvalue weighted by Gasteiger charge is 2.40. The van der Waals surface area contributed by atoms with E-state index in [0.29, 0.717) is 18.1 Å². The molecule has 3 N–H and O–H groups in total. The minimum atomic E-state index is -0.119. The Balaban J connectivity index is 1.35. The number of allylic oxidation sites excluding steroid dienone is 2. The first-order valence-corrected chi connectivity index (χ1v) is 11.9. The maximum atomic E-state index is 13.4. The van der Waals surface area contributed by atoms with Crippen LogP contribution in [0.1, 0.15) is 46.8 Å². The summed E-state index contributed by atoms with van der Waals surface area (Å²) in [6, 6.07) is 22.0. The monoisotopic (exact) mass is 449 g/mol. The van der Waals surface area contributed by atoms with Gasteiger partial charge in [-0.1, -0.05) is 42.5 Å². The summed E-state index contributed by atoms with van der Waals surface area (Å²) >= 11 is 0. The van der Waals surface area contributed by atoms with E-state index >= 15 is 0 Å². The van der Waals surface area contributed by atoms with Gasteiger partial charge in [-0.2, -0.15) is 0 Å². The maximum absolute atomic E-state index is 13.4. The van der Waals surface area contributed by atoms with E-state index in [2.05, 4.69) is 64.3 Å². The molecule has 0 bridgehead atoms. The molecule has 170 valence electrons. The number of ether oxygens (including phenoxy) is 1. The highest BCUT2D eigenvalue weighted by atomic mass is 16.5. The SMILES string of the molecule is CCOc1ccc(NC(=O)c2cccc3c2NC(c2c[nH]c4ccccc24)C2CC=CC32)cc1. The van der Waals surface area contributed by atoms with Gasteiger partial charge < -0.3 is 20.4 Å². The minimum absolute atomic E-state index is 0.114. The molecule has 34 heavy (non-hydrogen) atoms. The van der Waals surface area contributed by atoms with Crippen molar-refractivity contribution in [1.29, 1.82) is 0 Å². The average molecular weight is 450 g/mol. The number of carbonyl (C=O) groups is 1. The van der Waals surface area contributed by atoms with E-state index in [1.54, 1.807) is 0 Å². The molecule has 4 aromatic rings. The van der Waals surface area contributed by atoms with Crippen LogP contribution in [0.25, 0.3) is 10.9 Å². The molecule has 3 atom stereocenters. The Labute approximate surface area is 198 Å². The minimum Gasteiger partial charge on any atom is -0.494 e. The van der Waals surface area contributed by atoms with Gasteiger partial charge in [0, 0.05) is 28.7 Å². The molecule has 2 heterocycles. The quantitative estimate of drug-likeness (QED) is 0.299. The van der Waals surface area contributed by atoms with Gasteiger partial charge in [-0.15, -0.1) is 0 Å². The fourth-order valence-electron chi connectivity index (χ4n) is 5.47. The van der Waals surface area contributed by atoms with Crippen LogP contribution >= 0.6 is 0 Å². The number of H-pyrrole nitrogens is 1. The number of para-hydroxylation sites is 2. The molecule has 3 unspecified atom stereocenters. The zero-order valence-corrected chi connectivity index (χ0v) is 19.0. The Morgan fingerprint density at radius 2 is 1.88 bits per heavy atom. The summed E-state index contributed by atoms with van der Waals surface area (Å²) in [4.78, 5) is 16.8. The fourth-order valence-corrected chi connectivity index (χ4v) is 5.47. The van der Waals surface area contributed by atoms with Crippen molar-refractivity contribution in [3.8, 4) is 5.75 Å². The van der Waals surface area contributed by atoms with Crippen molar-refractivity contribution in [2.75, 3.05) is 17.2 Å². The summed E-state index contributed by atoms with van der Waals surface area (Å²) in [6.07, 6.45) is 7.72. The molecule has 5 nitrogen and oxygen atoms in total. The van der Waals surface area contributed by atoms with E-state index in [0.717, 1.165) is 29.1 Å². The van der Waals surface area contributed by atoms with E-state index in [1.165, 1.54) is 16.5 Å². The van der Waals surface area contributed by atoms with Crippen molar-refractivity contribution in [1.82, 2.24) is 4.98 Å². The molecular formula is C29H27N3O2. The summed E-state index contributed by atoms with van der Waals surface area (Å²) in [5.41, 5.74) is 5.91. The average Bonchev–Trinajstić information content (AvgIpc) is 3.52. The third kappa shape index (κ3) is 3.45. The Kier molecular flexibility index (Phi) is 5.10. The first-order chi connectivity index (χ1) is 16.7. The smallest absolute Gasteiger partial charge is 0.257 e. The number of hydrogen-bond donors (Lipinski definition) is 3. The van der Waals surface area contributed by atoms with Gasteiger partial charge in [-0.3, -0.25) is 4.79 Å². The molecule has 5 heteroatoms. The standard InChI is InChI=1S/C29H27N3O2/c1-2-34-19-15-13-18(14-16-19)31-29(33)24-11-6-10-22-20-8-5-9-23(20)28(32-27(22)24)25-17-30-26-12-4-3-7-21(25)26/h3-8,10-17,20,23,28,30,32H,2,9H2,1H3,(H,31,33). The van der Waals surface area contributed by atoms with Gasteiger partial charge in [0.1, 0.15) is 5.75 Å². The van der Waals surface area contributed by atoms with Gasteiger partial charge in [-0.05, 0) is 66.8 Å². The fraction of sp³-hybridized carbons (Fsp3) is 0.207. The molecule has 1 aromatic heterocycles. The highest BCUT2D eigenvalue weighted by Crippen LogP contribution is 2.51. The van der Waals surface area contributed by atoms with E-state index < -0.39 is 0 Å². The van der Waals surface area contributed by atoms with Crippen molar-refractivity contribution in [3.63, 3.8) is 0 Å². The second kappa shape index (κ2) is 8.41. The molecule has 0 saturated carbocycles. The zero-order valence-electron chi connectivity index (χ0n) is 19.0. The lowest BCUT2D eigenvalue weighted by Gasteiger charge is -2.38. The molecule has 0 saturated heterocycles. The van der Waals surface area contributed by atoms with Gasteiger partial charge in [-0.25, -0.2) is 0 Å². The van der Waals surface area contributed by atoms with Crippen molar-refractivity contribution >= 4 is 28.2 Å². The van der Waals surface area contributed by atoms with Gasteiger partial charge in [0.2, 0.25) is 0 Å². The third-order valence-electron chi connectivity index (χ3n) is 7.02. The molecule has 1 amide bonds. The summed E-state index contributed by atoms with van der Waals surface area (Å²) in [6.45, 7) is 2.57.